The number of aromatic nitrogens is 2. The fraction of sp³-hybridized carbons (Fsp3) is 0.667. The van der Waals surface area contributed by atoms with E-state index in [4.69, 9.17) is 5.11 Å². The quantitative estimate of drug-likeness (QED) is 0.783. The number of hydrogen-bond acceptors (Lipinski definition) is 5. The molecule has 0 saturated carbocycles. The molecule has 5 heteroatoms. The van der Waals surface area contributed by atoms with Crippen molar-refractivity contribution in [1.29, 1.82) is 0 Å². The number of nitrogens with one attached hydrogen (secondary N) is 1. The molecule has 0 amide bonds. The van der Waals surface area contributed by atoms with Crippen molar-refractivity contribution in [2.45, 2.75) is 27.2 Å². The summed E-state index contributed by atoms with van der Waals surface area (Å²) in [6, 6.07) is 0. The summed E-state index contributed by atoms with van der Waals surface area (Å²) in [4.78, 5) is 10.9. The highest BCUT2D eigenvalue weighted by Gasteiger charge is 2.11. The van der Waals surface area contributed by atoms with Gasteiger partial charge in [-0.2, -0.15) is 0 Å². The van der Waals surface area contributed by atoms with Crippen LogP contribution in [0, 0.1) is 13.8 Å². The van der Waals surface area contributed by atoms with Gasteiger partial charge >= 0.3 is 0 Å². The Morgan fingerprint density at radius 1 is 1.29 bits per heavy atom. The standard InChI is InChI=1S/C12H22N4O/c1-5-13-11-9(2)12(15-10(3)14-11)16(4)7-6-8-17/h17H,5-8H2,1-4H3,(H,13,14,15). The van der Waals surface area contributed by atoms with E-state index in [-0.39, 0.29) is 6.61 Å². The third-order valence-electron chi connectivity index (χ3n) is 2.59. The summed E-state index contributed by atoms with van der Waals surface area (Å²) in [5.41, 5.74) is 1.05. The zero-order valence-electron chi connectivity index (χ0n) is 11.1. The van der Waals surface area contributed by atoms with Crippen molar-refractivity contribution < 1.29 is 5.11 Å². The number of nitrogens with zero attached hydrogens (tertiary/aromatic N) is 3. The van der Waals surface area contributed by atoms with E-state index >= 15 is 0 Å². The minimum absolute atomic E-state index is 0.202. The molecule has 0 saturated heterocycles. The fourth-order valence-electron chi connectivity index (χ4n) is 1.74. The van der Waals surface area contributed by atoms with E-state index < -0.39 is 0 Å². The molecule has 0 unspecified atom stereocenters. The second-order valence-electron chi connectivity index (χ2n) is 4.10. The molecule has 0 radical (unpaired) electrons. The van der Waals surface area contributed by atoms with Crippen LogP contribution < -0.4 is 10.2 Å². The Hall–Kier alpha value is -1.36. The maximum absolute atomic E-state index is 8.85. The smallest absolute Gasteiger partial charge is 0.137 e. The zero-order valence-corrected chi connectivity index (χ0v) is 11.1. The van der Waals surface area contributed by atoms with E-state index in [1.54, 1.807) is 0 Å². The van der Waals surface area contributed by atoms with Crippen LogP contribution in [0.4, 0.5) is 11.6 Å². The molecule has 0 bridgehead atoms. The molecule has 0 aliphatic carbocycles. The van der Waals surface area contributed by atoms with Gasteiger partial charge in [-0.05, 0) is 27.2 Å². The molecule has 1 aromatic rings. The SMILES string of the molecule is CCNc1nc(C)nc(N(C)CCCO)c1C. The molecule has 0 fully saturated rings. The first-order valence-corrected chi connectivity index (χ1v) is 6.01. The lowest BCUT2D eigenvalue weighted by Crippen LogP contribution is -2.23. The van der Waals surface area contributed by atoms with Crippen LogP contribution in [0.5, 0.6) is 0 Å². The van der Waals surface area contributed by atoms with E-state index in [9.17, 15) is 0 Å². The maximum Gasteiger partial charge on any atom is 0.137 e. The third kappa shape index (κ3) is 3.56. The van der Waals surface area contributed by atoms with Crippen LogP contribution in [0.3, 0.4) is 0 Å². The molecule has 0 aliphatic rings. The summed E-state index contributed by atoms with van der Waals surface area (Å²) in [5, 5.41) is 12.1. The van der Waals surface area contributed by atoms with Crippen molar-refractivity contribution in [1.82, 2.24) is 9.97 Å². The van der Waals surface area contributed by atoms with Gasteiger partial charge in [-0.15, -0.1) is 0 Å². The van der Waals surface area contributed by atoms with Crippen LogP contribution in [0.25, 0.3) is 0 Å². The lowest BCUT2D eigenvalue weighted by molar-refractivity contribution is 0.290. The van der Waals surface area contributed by atoms with Crippen molar-refractivity contribution in [3.05, 3.63) is 11.4 Å². The van der Waals surface area contributed by atoms with Crippen LogP contribution in [0.2, 0.25) is 0 Å². The van der Waals surface area contributed by atoms with Gasteiger partial charge in [0.05, 0.1) is 0 Å². The second kappa shape index (κ2) is 6.39. The first-order valence-electron chi connectivity index (χ1n) is 6.01. The minimum Gasteiger partial charge on any atom is -0.396 e. The van der Waals surface area contributed by atoms with Gasteiger partial charge in [-0.1, -0.05) is 0 Å². The molecule has 17 heavy (non-hydrogen) atoms. The van der Waals surface area contributed by atoms with Crippen molar-refractivity contribution in [2.24, 2.45) is 0 Å². The van der Waals surface area contributed by atoms with Gasteiger partial charge in [0.25, 0.3) is 0 Å². The Balaban J connectivity index is 2.97. The molecule has 2 N–H and O–H groups in total. The van der Waals surface area contributed by atoms with Crippen LogP contribution in [-0.4, -0.2) is 41.8 Å². The predicted octanol–water partition coefficient (Wildman–Crippen LogP) is 1.34. The van der Waals surface area contributed by atoms with Crippen molar-refractivity contribution >= 4 is 11.6 Å². The van der Waals surface area contributed by atoms with Crippen molar-refractivity contribution in [2.75, 3.05) is 37.0 Å². The average Bonchev–Trinajstić information content (AvgIpc) is 2.30. The summed E-state index contributed by atoms with van der Waals surface area (Å²) in [6.07, 6.45) is 0.746. The van der Waals surface area contributed by atoms with E-state index in [1.165, 1.54) is 0 Å². The first kappa shape index (κ1) is 13.7. The lowest BCUT2D eigenvalue weighted by atomic mass is 10.2. The zero-order chi connectivity index (χ0) is 12.8. The van der Waals surface area contributed by atoms with Gasteiger partial charge in [0.15, 0.2) is 0 Å². The molecule has 0 atom stereocenters. The molecule has 96 valence electrons. The summed E-state index contributed by atoms with van der Waals surface area (Å²) in [6.45, 7) is 7.79. The number of aliphatic hydroxyl groups is 1. The molecular formula is C12H22N4O. The Morgan fingerprint density at radius 2 is 2.00 bits per heavy atom. The Morgan fingerprint density at radius 3 is 2.59 bits per heavy atom. The van der Waals surface area contributed by atoms with Gasteiger partial charge in [-0.25, -0.2) is 9.97 Å². The molecule has 0 spiro atoms. The van der Waals surface area contributed by atoms with E-state index in [0.717, 1.165) is 42.5 Å². The molecule has 0 aromatic carbocycles. The molecule has 0 aliphatic heterocycles. The number of aliphatic hydroxyl groups excluding tert-OH is 1. The highest BCUT2D eigenvalue weighted by molar-refractivity contribution is 5.58. The summed E-state index contributed by atoms with van der Waals surface area (Å²) >= 11 is 0. The van der Waals surface area contributed by atoms with Gasteiger partial charge in [0.1, 0.15) is 17.5 Å². The normalized spacial score (nSPS) is 10.4. The van der Waals surface area contributed by atoms with Crippen LogP contribution in [0.15, 0.2) is 0 Å². The molecule has 1 aromatic heterocycles. The summed E-state index contributed by atoms with van der Waals surface area (Å²) < 4.78 is 0. The average molecular weight is 238 g/mol. The largest absolute Gasteiger partial charge is 0.396 e. The predicted molar refractivity (Wildman–Crippen MR) is 70.6 cm³/mol. The second-order valence-corrected chi connectivity index (χ2v) is 4.10. The third-order valence-corrected chi connectivity index (χ3v) is 2.59. The van der Waals surface area contributed by atoms with E-state index in [0.29, 0.717) is 0 Å². The van der Waals surface area contributed by atoms with Crippen LogP contribution in [-0.2, 0) is 0 Å². The topological polar surface area (TPSA) is 61.3 Å². The van der Waals surface area contributed by atoms with Crippen LogP contribution >= 0.6 is 0 Å². The first-order chi connectivity index (χ1) is 8.10. The van der Waals surface area contributed by atoms with E-state index in [2.05, 4.69) is 20.2 Å². The monoisotopic (exact) mass is 238 g/mol. The Bertz CT molecular complexity index is 368. The molecular weight excluding hydrogens is 216 g/mol. The molecule has 1 rings (SSSR count). The Labute approximate surface area is 103 Å². The van der Waals surface area contributed by atoms with E-state index in [1.807, 2.05) is 27.8 Å². The summed E-state index contributed by atoms with van der Waals surface area (Å²) in [7, 11) is 1.99. The number of aryl methyl sites for hydroxylation is 1. The van der Waals surface area contributed by atoms with Crippen molar-refractivity contribution in [3.8, 4) is 0 Å². The minimum atomic E-state index is 0.202. The van der Waals surface area contributed by atoms with Crippen LogP contribution in [0.1, 0.15) is 24.7 Å². The molecule has 5 nitrogen and oxygen atoms in total. The Kier molecular flexibility index (Phi) is 5.15. The van der Waals surface area contributed by atoms with Gasteiger partial charge < -0.3 is 15.3 Å². The summed E-state index contributed by atoms with van der Waals surface area (Å²) in [5.74, 6) is 2.59. The number of anilines is 2. The van der Waals surface area contributed by atoms with Gasteiger partial charge in [0.2, 0.25) is 0 Å². The van der Waals surface area contributed by atoms with Crippen molar-refractivity contribution in [3.63, 3.8) is 0 Å². The molecule has 1 heterocycles. The fourth-order valence-corrected chi connectivity index (χ4v) is 1.74. The lowest BCUT2D eigenvalue weighted by Gasteiger charge is -2.21. The number of rotatable bonds is 6. The highest BCUT2D eigenvalue weighted by Crippen LogP contribution is 2.22. The highest BCUT2D eigenvalue weighted by atomic mass is 16.3. The van der Waals surface area contributed by atoms with Gasteiger partial charge in [0, 0.05) is 32.3 Å². The number of hydrogen-bond donors (Lipinski definition) is 2. The maximum atomic E-state index is 8.85. The van der Waals surface area contributed by atoms with Gasteiger partial charge in [-0.3, -0.25) is 0 Å².